The largest absolute Gasteiger partial charge is 0.454 e. The van der Waals surface area contributed by atoms with Gasteiger partial charge in [0, 0.05) is 50.2 Å². The van der Waals surface area contributed by atoms with Gasteiger partial charge in [-0.15, -0.1) is 0 Å². The molecule has 4 heteroatoms. The number of rotatable bonds is 6. The van der Waals surface area contributed by atoms with Crippen molar-refractivity contribution in [2.45, 2.75) is 183 Å². The van der Waals surface area contributed by atoms with Gasteiger partial charge in [0.25, 0.3) is 6.71 Å². The minimum Gasteiger partial charge on any atom is -0.454 e. The minimum atomic E-state index is -0.274. The molecule has 466 valence electrons. The molecule has 13 rings (SSSR count). The molecule has 1 aromatic heterocycles. The van der Waals surface area contributed by atoms with E-state index < -0.39 is 0 Å². The van der Waals surface area contributed by atoms with Crippen LogP contribution in [0.2, 0.25) is 0 Å². The summed E-state index contributed by atoms with van der Waals surface area (Å²) in [7, 11) is 0. The second-order valence-electron chi connectivity index (χ2n) is 34.0. The normalized spacial score (nSPS) is 13.9. The summed E-state index contributed by atoms with van der Waals surface area (Å²) in [5.74, 6) is 0. The van der Waals surface area contributed by atoms with Gasteiger partial charge in [-0.1, -0.05) is 297 Å². The first-order valence-electron chi connectivity index (χ1n) is 33.7. The fourth-order valence-corrected chi connectivity index (χ4v) is 14.2. The molecule has 3 nitrogen and oxygen atoms in total. The van der Waals surface area contributed by atoms with Crippen molar-refractivity contribution in [3.63, 3.8) is 0 Å². The Morgan fingerprint density at radius 3 is 1.08 bits per heavy atom. The van der Waals surface area contributed by atoms with Crippen LogP contribution in [0.5, 0.6) is 0 Å². The van der Waals surface area contributed by atoms with Gasteiger partial charge >= 0.3 is 0 Å². The highest BCUT2D eigenvalue weighted by Gasteiger charge is 2.46. The van der Waals surface area contributed by atoms with Crippen LogP contribution in [0.25, 0.3) is 66.4 Å². The summed E-state index contributed by atoms with van der Waals surface area (Å²) in [6, 6.07) is 75.7. The van der Waals surface area contributed by atoms with Gasteiger partial charge in [0.15, 0.2) is 5.58 Å². The zero-order chi connectivity index (χ0) is 65.7. The van der Waals surface area contributed by atoms with Gasteiger partial charge in [0.05, 0.1) is 11.4 Å². The van der Waals surface area contributed by atoms with Crippen molar-refractivity contribution < 1.29 is 4.42 Å². The fraction of sp³-hybridized carbons (Fsp3) is 0.318. The number of nitrogens with zero attached hydrogens (tertiary/aromatic N) is 2. The third-order valence-electron chi connectivity index (χ3n) is 19.9. The summed E-state index contributed by atoms with van der Waals surface area (Å²) in [6.45, 7) is 49.1. The Hall–Kier alpha value is -8.34. The molecule has 0 N–H and O–H groups in total. The number of furan rings is 1. The van der Waals surface area contributed by atoms with Crippen LogP contribution in [0.4, 0.5) is 34.1 Å². The van der Waals surface area contributed by atoms with E-state index in [2.05, 4.69) is 349 Å². The molecular formula is C88H95BN2O. The van der Waals surface area contributed by atoms with E-state index >= 15 is 0 Å². The van der Waals surface area contributed by atoms with Crippen LogP contribution in [0.1, 0.15) is 184 Å². The Kier molecular flexibility index (Phi) is 14.7. The zero-order valence-corrected chi connectivity index (χ0v) is 58.9. The molecular weight excluding hydrogens is 1110 g/mol. The molecule has 11 aromatic rings. The number of hydrogen-bond donors (Lipinski definition) is 0. The van der Waals surface area contributed by atoms with E-state index in [0.29, 0.717) is 0 Å². The molecule has 0 aliphatic carbocycles. The van der Waals surface area contributed by atoms with Crippen molar-refractivity contribution in [3.05, 3.63) is 233 Å². The average molecular weight is 1210 g/mol. The Balaban J connectivity index is 1.22. The summed E-state index contributed by atoms with van der Waals surface area (Å²) >= 11 is 0. The van der Waals surface area contributed by atoms with Crippen LogP contribution >= 0.6 is 0 Å². The Bertz CT molecular complexity index is 4590. The molecule has 0 atom stereocenters. The Morgan fingerprint density at radius 1 is 0.272 bits per heavy atom. The maximum absolute atomic E-state index is 7.52. The van der Waals surface area contributed by atoms with Gasteiger partial charge in [-0.3, -0.25) is 0 Å². The molecule has 10 aromatic carbocycles. The van der Waals surface area contributed by atoms with E-state index in [1.165, 1.54) is 111 Å². The first-order valence-corrected chi connectivity index (χ1v) is 33.7. The van der Waals surface area contributed by atoms with Gasteiger partial charge in [-0.25, -0.2) is 0 Å². The highest BCUT2D eigenvalue weighted by molar-refractivity contribution is 7.00. The van der Waals surface area contributed by atoms with Crippen molar-refractivity contribution in [1.82, 2.24) is 0 Å². The lowest BCUT2D eigenvalue weighted by molar-refractivity contribution is 0.568. The van der Waals surface area contributed by atoms with E-state index in [9.17, 15) is 0 Å². The molecule has 0 amide bonds. The summed E-state index contributed by atoms with van der Waals surface area (Å²) in [4.78, 5) is 5.34. The number of fused-ring (bicyclic) bond motifs is 7. The molecule has 2 aliphatic heterocycles. The lowest BCUT2D eigenvalue weighted by Crippen LogP contribution is -2.61. The highest BCUT2D eigenvalue weighted by Crippen LogP contribution is 2.54. The van der Waals surface area contributed by atoms with Gasteiger partial charge in [-0.2, -0.15) is 0 Å². The predicted octanol–water partition coefficient (Wildman–Crippen LogP) is 23.4. The summed E-state index contributed by atoms with van der Waals surface area (Å²) in [5, 5.41) is 2.25. The first kappa shape index (κ1) is 62.5. The number of anilines is 6. The summed E-state index contributed by atoms with van der Waals surface area (Å²) in [6.07, 6.45) is 0. The van der Waals surface area contributed by atoms with E-state index in [1.807, 2.05) is 0 Å². The molecule has 3 heterocycles. The number of hydrogen-bond acceptors (Lipinski definition) is 3. The fourth-order valence-electron chi connectivity index (χ4n) is 14.2. The van der Waals surface area contributed by atoms with E-state index in [1.54, 1.807) is 0 Å². The molecule has 0 unspecified atom stereocenters. The molecule has 0 bridgehead atoms. The van der Waals surface area contributed by atoms with Crippen molar-refractivity contribution in [3.8, 4) is 44.5 Å². The highest BCUT2D eigenvalue weighted by atomic mass is 16.3. The van der Waals surface area contributed by atoms with Gasteiger partial charge in [0.2, 0.25) is 0 Å². The van der Waals surface area contributed by atoms with Crippen molar-refractivity contribution in [2.24, 2.45) is 0 Å². The van der Waals surface area contributed by atoms with Gasteiger partial charge in [-0.05, 0) is 164 Å². The lowest BCUT2D eigenvalue weighted by Gasteiger charge is -2.46. The number of benzene rings is 10. The maximum atomic E-state index is 7.52. The quantitative estimate of drug-likeness (QED) is 0.155. The van der Waals surface area contributed by atoms with Gasteiger partial charge in [0.1, 0.15) is 5.58 Å². The van der Waals surface area contributed by atoms with Crippen molar-refractivity contribution in [2.75, 3.05) is 9.80 Å². The molecule has 0 spiro atoms. The SMILES string of the molecule is CC(C)(C)c1cc(-c2ccc3c(c2)N(c2c(-c4ccccc4)cc(C(C)(C)C)cc2-c2ccccc2)c2cc(C(C)(C)C)cc4c2B3c2ccc(-c3cc(C(C)(C)C)cc(C(C)(C)C)c3)cc2N4c2cccc3c2oc2c(C(C)(C)C)cccc23)cc(C(C)(C)C)c1. The monoisotopic (exact) mass is 1210 g/mol. The summed E-state index contributed by atoms with van der Waals surface area (Å²) in [5.41, 5.74) is 30.3. The third-order valence-corrected chi connectivity index (χ3v) is 19.9. The van der Waals surface area contributed by atoms with E-state index in [-0.39, 0.29) is 44.6 Å². The minimum absolute atomic E-state index is 0.0650. The topological polar surface area (TPSA) is 19.6 Å². The third kappa shape index (κ3) is 11.0. The van der Waals surface area contributed by atoms with Crippen molar-refractivity contribution in [1.29, 1.82) is 0 Å². The lowest BCUT2D eigenvalue weighted by atomic mass is 9.33. The van der Waals surface area contributed by atoms with Crippen LogP contribution < -0.4 is 26.2 Å². The van der Waals surface area contributed by atoms with Crippen molar-refractivity contribution >= 4 is 79.2 Å². The molecule has 0 saturated heterocycles. The second kappa shape index (κ2) is 21.6. The van der Waals surface area contributed by atoms with Crippen LogP contribution in [0.15, 0.2) is 199 Å². The second-order valence-corrected chi connectivity index (χ2v) is 34.0. The maximum Gasteiger partial charge on any atom is 0.252 e. The standard InChI is InChI=1S/C88H95BN2O/c1-82(2,3)60-42-58(43-61(48-60)83(4,5)6)56-38-40-71-74(46-56)90(73-37-29-35-67-66-34-28-36-70(88(19,20)21)80(66)92-81(67)73)76-52-65(87(16,17)18)53-77-78(76)89(71)72-41-39-57(59-44-62(84(7,8)9)49-63(45-59)85(10,11)12)47-75(72)91(77)79-68(54-30-24-22-25-31-54)50-64(86(13,14)15)51-69(79)55-32-26-23-27-33-55/h22-53H,1-21H3. The Labute approximate surface area is 551 Å². The molecule has 0 saturated carbocycles. The zero-order valence-electron chi connectivity index (χ0n) is 58.9. The van der Waals surface area contributed by atoms with Crippen LogP contribution in [0, 0.1) is 0 Å². The first-order chi connectivity index (χ1) is 43.0. The van der Waals surface area contributed by atoms with Crippen LogP contribution in [-0.4, -0.2) is 6.71 Å². The Morgan fingerprint density at radius 2 is 0.652 bits per heavy atom. The molecule has 92 heavy (non-hydrogen) atoms. The van der Waals surface area contributed by atoms with E-state index in [4.69, 9.17) is 4.42 Å². The number of para-hydroxylation sites is 2. The molecule has 0 radical (unpaired) electrons. The predicted molar refractivity (Wildman–Crippen MR) is 400 cm³/mol. The van der Waals surface area contributed by atoms with E-state index in [0.717, 1.165) is 44.7 Å². The average Bonchev–Trinajstić information content (AvgIpc) is 0.738. The van der Waals surface area contributed by atoms with Crippen LogP contribution in [-0.2, 0) is 37.9 Å². The smallest absolute Gasteiger partial charge is 0.252 e. The molecule has 2 aliphatic rings. The molecule has 0 fully saturated rings. The van der Waals surface area contributed by atoms with Gasteiger partial charge < -0.3 is 14.2 Å². The van der Waals surface area contributed by atoms with Crippen LogP contribution in [0.3, 0.4) is 0 Å². The summed E-state index contributed by atoms with van der Waals surface area (Å²) < 4.78 is 7.52.